The minimum Gasteiger partial charge on any atom is -0.479 e. The molecule has 0 amide bonds. The zero-order valence-corrected chi connectivity index (χ0v) is 8.99. The molecule has 3 nitrogen and oxygen atoms in total. The maximum Gasteiger partial charge on any atom is 0.347 e. The first-order chi connectivity index (χ1) is 6.75. The van der Waals surface area contributed by atoms with E-state index in [4.69, 9.17) is 9.47 Å². The summed E-state index contributed by atoms with van der Waals surface area (Å²) >= 11 is 3.32. The summed E-state index contributed by atoms with van der Waals surface area (Å²) < 4.78 is 11.2. The molecule has 1 aromatic carbocycles. The Morgan fingerprint density at radius 3 is 2.64 bits per heavy atom. The second kappa shape index (κ2) is 4.00. The van der Waals surface area contributed by atoms with E-state index in [1.165, 1.54) is 0 Å². The Kier molecular flexibility index (Phi) is 2.72. The van der Waals surface area contributed by atoms with E-state index in [-0.39, 0.29) is 5.97 Å². The fraction of sp³-hybridized carbons (Fsp3) is 0.300. The molecule has 74 valence electrons. The van der Waals surface area contributed by atoms with Crippen LogP contribution in [0.1, 0.15) is 6.42 Å². The van der Waals surface area contributed by atoms with E-state index in [0.29, 0.717) is 18.8 Å². The van der Waals surface area contributed by atoms with Gasteiger partial charge in [-0.25, -0.2) is 4.79 Å². The summed E-state index contributed by atoms with van der Waals surface area (Å²) in [6, 6.07) is 7.37. The Morgan fingerprint density at radius 1 is 1.36 bits per heavy atom. The van der Waals surface area contributed by atoms with Crippen LogP contribution in [0.15, 0.2) is 28.7 Å². The monoisotopic (exact) mass is 256 g/mol. The first-order valence-electron chi connectivity index (χ1n) is 4.34. The van der Waals surface area contributed by atoms with Crippen molar-refractivity contribution in [2.24, 2.45) is 0 Å². The van der Waals surface area contributed by atoms with Crippen LogP contribution < -0.4 is 4.74 Å². The van der Waals surface area contributed by atoms with Gasteiger partial charge in [0.2, 0.25) is 0 Å². The summed E-state index contributed by atoms with van der Waals surface area (Å²) in [4.78, 5) is 11.1. The van der Waals surface area contributed by atoms with Gasteiger partial charge in [-0.1, -0.05) is 15.9 Å². The number of ether oxygens (including phenoxy) is 2. The van der Waals surface area contributed by atoms with Gasteiger partial charge in [0, 0.05) is 10.9 Å². The topological polar surface area (TPSA) is 35.5 Å². The highest BCUT2D eigenvalue weighted by atomic mass is 79.9. The largest absolute Gasteiger partial charge is 0.479 e. The first-order valence-corrected chi connectivity index (χ1v) is 5.14. The van der Waals surface area contributed by atoms with Crippen LogP contribution in [0.5, 0.6) is 5.75 Å². The molecule has 0 bridgehead atoms. The number of rotatable bonds is 2. The Labute approximate surface area is 90.1 Å². The van der Waals surface area contributed by atoms with E-state index in [1.807, 2.05) is 24.3 Å². The van der Waals surface area contributed by atoms with Gasteiger partial charge >= 0.3 is 5.97 Å². The minimum atomic E-state index is -0.434. The highest BCUT2D eigenvalue weighted by Crippen LogP contribution is 2.20. The van der Waals surface area contributed by atoms with Crippen molar-refractivity contribution in [3.8, 4) is 5.75 Å². The molecule has 1 atom stereocenters. The summed E-state index contributed by atoms with van der Waals surface area (Å²) in [6.45, 7) is 0.458. The van der Waals surface area contributed by atoms with E-state index >= 15 is 0 Å². The maximum atomic E-state index is 11.1. The van der Waals surface area contributed by atoms with E-state index in [9.17, 15) is 4.79 Å². The second-order valence-corrected chi connectivity index (χ2v) is 3.93. The fourth-order valence-corrected chi connectivity index (χ4v) is 1.53. The van der Waals surface area contributed by atoms with Crippen molar-refractivity contribution < 1.29 is 14.3 Å². The van der Waals surface area contributed by atoms with Crippen LogP contribution in [-0.4, -0.2) is 18.7 Å². The molecule has 1 heterocycles. The highest BCUT2D eigenvalue weighted by Gasteiger charge is 2.28. The Bertz CT molecular complexity index is 334. The second-order valence-electron chi connectivity index (χ2n) is 3.02. The number of hydrogen-bond donors (Lipinski definition) is 0. The molecular formula is C10H9BrO3. The molecule has 2 rings (SSSR count). The fourth-order valence-electron chi connectivity index (χ4n) is 1.26. The summed E-state index contributed by atoms with van der Waals surface area (Å²) in [7, 11) is 0. The third-order valence-electron chi connectivity index (χ3n) is 1.98. The molecule has 1 unspecified atom stereocenters. The van der Waals surface area contributed by atoms with Crippen LogP contribution in [0.25, 0.3) is 0 Å². The van der Waals surface area contributed by atoms with Gasteiger partial charge in [-0.05, 0) is 24.3 Å². The van der Waals surface area contributed by atoms with E-state index in [1.54, 1.807) is 0 Å². The number of hydrogen-bond acceptors (Lipinski definition) is 3. The Balaban J connectivity index is 2.03. The predicted octanol–water partition coefficient (Wildman–Crippen LogP) is 2.14. The van der Waals surface area contributed by atoms with Gasteiger partial charge in [0.1, 0.15) is 5.75 Å². The quantitative estimate of drug-likeness (QED) is 0.761. The Morgan fingerprint density at radius 2 is 2.07 bits per heavy atom. The number of carbonyl (C=O) groups is 1. The third kappa shape index (κ3) is 2.07. The van der Waals surface area contributed by atoms with Gasteiger partial charge < -0.3 is 9.47 Å². The lowest BCUT2D eigenvalue weighted by Gasteiger charge is -2.09. The summed E-state index contributed by atoms with van der Waals surface area (Å²) in [5.41, 5.74) is 0. The van der Waals surface area contributed by atoms with Crippen molar-refractivity contribution >= 4 is 21.9 Å². The number of halogens is 1. The predicted molar refractivity (Wildman–Crippen MR) is 54.1 cm³/mol. The minimum absolute atomic E-state index is 0.270. The summed E-state index contributed by atoms with van der Waals surface area (Å²) in [5, 5.41) is 0. The zero-order chi connectivity index (χ0) is 9.97. The number of cyclic esters (lactones) is 1. The maximum absolute atomic E-state index is 11.1. The molecule has 0 aromatic heterocycles. The SMILES string of the molecule is O=C1OCCC1Oc1ccc(Br)cc1. The molecule has 1 saturated heterocycles. The standard InChI is InChI=1S/C10H9BrO3/c11-7-1-3-8(4-2-7)14-9-5-6-13-10(9)12/h1-4,9H,5-6H2. The normalized spacial score (nSPS) is 20.6. The van der Waals surface area contributed by atoms with Crippen LogP contribution >= 0.6 is 15.9 Å². The van der Waals surface area contributed by atoms with Gasteiger partial charge in [-0.3, -0.25) is 0 Å². The van der Waals surface area contributed by atoms with Gasteiger partial charge in [-0.2, -0.15) is 0 Å². The molecule has 1 fully saturated rings. The van der Waals surface area contributed by atoms with Gasteiger partial charge in [0.05, 0.1) is 6.61 Å². The lowest BCUT2D eigenvalue weighted by atomic mass is 10.3. The van der Waals surface area contributed by atoms with Crippen LogP contribution in [0, 0.1) is 0 Å². The lowest BCUT2D eigenvalue weighted by Crippen LogP contribution is -2.21. The molecule has 1 aromatic rings. The molecule has 1 aliphatic heterocycles. The molecular weight excluding hydrogens is 248 g/mol. The molecule has 4 heteroatoms. The van der Waals surface area contributed by atoms with Gasteiger partial charge in [0.15, 0.2) is 6.10 Å². The first kappa shape index (κ1) is 9.52. The van der Waals surface area contributed by atoms with Crippen molar-refractivity contribution in [2.75, 3.05) is 6.61 Å². The third-order valence-corrected chi connectivity index (χ3v) is 2.51. The lowest BCUT2D eigenvalue weighted by molar-refractivity contribution is -0.143. The Hall–Kier alpha value is -1.03. The molecule has 0 aliphatic carbocycles. The number of benzene rings is 1. The number of carbonyl (C=O) groups excluding carboxylic acids is 1. The van der Waals surface area contributed by atoms with Crippen molar-refractivity contribution in [1.82, 2.24) is 0 Å². The highest BCUT2D eigenvalue weighted by molar-refractivity contribution is 9.10. The van der Waals surface area contributed by atoms with Crippen LogP contribution in [0.2, 0.25) is 0 Å². The molecule has 1 aliphatic rings. The summed E-state index contributed by atoms with van der Waals surface area (Å²) in [6.07, 6.45) is 0.200. The van der Waals surface area contributed by atoms with Crippen LogP contribution in [-0.2, 0) is 9.53 Å². The molecule has 0 spiro atoms. The van der Waals surface area contributed by atoms with Crippen molar-refractivity contribution in [3.05, 3.63) is 28.7 Å². The van der Waals surface area contributed by atoms with Crippen LogP contribution in [0.4, 0.5) is 0 Å². The van der Waals surface area contributed by atoms with E-state index in [2.05, 4.69) is 15.9 Å². The molecule has 0 radical (unpaired) electrons. The number of esters is 1. The van der Waals surface area contributed by atoms with Gasteiger partial charge in [-0.15, -0.1) is 0 Å². The average molecular weight is 257 g/mol. The van der Waals surface area contributed by atoms with Gasteiger partial charge in [0.25, 0.3) is 0 Å². The van der Waals surface area contributed by atoms with Crippen molar-refractivity contribution in [2.45, 2.75) is 12.5 Å². The average Bonchev–Trinajstić information content (AvgIpc) is 2.56. The molecule has 14 heavy (non-hydrogen) atoms. The van der Waals surface area contributed by atoms with E-state index < -0.39 is 6.10 Å². The van der Waals surface area contributed by atoms with Crippen LogP contribution in [0.3, 0.4) is 0 Å². The zero-order valence-electron chi connectivity index (χ0n) is 7.40. The van der Waals surface area contributed by atoms with E-state index in [0.717, 1.165) is 4.47 Å². The molecule has 0 N–H and O–H groups in total. The van der Waals surface area contributed by atoms with Crippen molar-refractivity contribution in [3.63, 3.8) is 0 Å². The smallest absolute Gasteiger partial charge is 0.347 e. The molecule has 0 saturated carbocycles. The summed E-state index contributed by atoms with van der Waals surface area (Å²) in [5.74, 6) is 0.421. The van der Waals surface area contributed by atoms with Crippen molar-refractivity contribution in [1.29, 1.82) is 0 Å².